The number of fused-ring (bicyclic) bond motifs is 1. The SMILES string of the molecule is CC(C)(C)OC(=O)N1CCC1(C)c1nn2ccc(C(F)(F)F)c2c(=O)n1-c1ccccc1. The highest BCUT2D eigenvalue weighted by Gasteiger charge is 2.50. The fourth-order valence-electron chi connectivity index (χ4n) is 3.86. The molecular weight excluding hydrogens is 425 g/mol. The summed E-state index contributed by atoms with van der Waals surface area (Å²) < 4.78 is 48.2. The number of carbonyl (C=O) groups excluding carboxylic acids is 1. The van der Waals surface area contributed by atoms with Gasteiger partial charge in [0.2, 0.25) is 0 Å². The molecule has 1 aromatic carbocycles. The predicted molar refractivity (Wildman–Crippen MR) is 111 cm³/mol. The first-order valence-corrected chi connectivity index (χ1v) is 10.1. The Balaban J connectivity index is 1.96. The predicted octanol–water partition coefficient (Wildman–Crippen LogP) is 4.36. The molecule has 1 unspecified atom stereocenters. The molecule has 0 bridgehead atoms. The lowest BCUT2D eigenvalue weighted by Crippen LogP contribution is -2.61. The van der Waals surface area contributed by atoms with Crippen LogP contribution in [-0.4, -0.2) is 37.3 Å². The summed E-state index contributed by atoms with van der Waals surface area (Å²) in [4.78, 5) is 27.7. The van der Waals surface area contributed by atoms with Crippen LogP contribution in [0.1, 0.15) is 45.5 Å². The number of amides is 1. The van der Waals surface area contributed by atoms with E-state index in [0.29, 0.717) is 18.7 Å². The summed E-state index contributed by atoms with van der Waals surface area (Å²) in [7, 11) is 0. The Morgan fingerprint density at radius 1 is 1.12 bits per heavy atom. The third-order valence-electron chi connectivity index (χ3n) is 5.52. The molecule has 0 spiro atoms. The number of aromatic nitrogens is 3. The Labute approximate surface area is 182 Å². The van der Waals surface area contributed by atoms with Gasteiger partial charge in [-0.05, 0) is 52.3 Å². The summed E-state index contributed by atoms with van der Waals surface area (Å²) >= 11 is 0. The minimum atomic E-state index is -4.71. The minimum Gasteiger partial charge on any atom is -0.444 e. The van der Waals surface area contributed by atoms with Gasteiger partial charge in [0.05, 0.1) is 11.3 Å². The van der Waals surface area contributed by atoms with Crippen LogP contribution in [0.2, 0.25) is 0 Å². The molecular formula is C22H23F3N4O3. The van der Waals surface area contributed by atoms with E-state index in [2.05, 4.69) is 5.10 Å². The smallest absolute Gasteiger partial charge is 0.418 e. The molecule has 1 aliphatic rings. The third-order valence-corrected chi connectivity index (χ3v) is 5.52. The van der Waals surface area contributed by atoms with Crippen molar-refractivity contribution in [3.8, 4) is 5.69 Å². The van der Waals surface area contributed by atoms with E-state index in [9.17, 15) is 22.8 Å². The zero-order valence-corrected chi connectivity index (χ0v) is 18.1. The van der Waals surface area contributed by atoms with Crippen molar-refractivity contribution in [2.45, 2.75) is 51.4 Å². The fourth-order valence-corrected chi connectivity index (χ4v) is 3.86. The molecule has 1 fully saturated rings. The summed E-state index contributed by atoms with van der Waals surface area (Å²) in [6.07, 6.45) is -3.72. The molecule has 0 N–H and O–H groups in total. The molecule has 0 saturated carbocycles. The van der Waals surface area contributed by atoms with Gasteiger partial charge in [-0.3, -0.25) is 14.3 Å². The Morgan fingerprint density at radius 2 is 1.78 bits per heavy atom. The maximum Gasteiger partial charge on any atom is 0.418 e. The van der Waals surface area contributed by atoms with Crippen LogP contribution >= 0.6 is 0 Å². The van der Waals surface area contributed by atoms with E-state index in [1.54, 1.807) is 58.0 Å². The summed E-state index contributed by atoms with van der Waals surface area (Å²) in [5, 5.41) is 4.40. The number of hydrogen-bond donors (Lipinski definition) is 0. The zero-order valence-electron chi connectivity index (χ0n) is 18.1. The molecule has 1 amide bonds. The first kappa shape index (κ1) is 21.9. The maximum absolute atomic E-state index is 13.5. The number of ether oxygens (including phenoxy) is 1. The molecule has 0 radical (unpaired) electrons. The van der Waals surface area contributed by atoms with Crippen LogP contribution in [0.25, 0.3) is 11.2 Å². The third kappa shape index (κ3) is 3.53. The van der Waals surface area contributed by atoms with Crippen molar-refractivity contribution in [2.24, 2.45) is 0 Å². The maximum atomic E-state index is 13.5. The number of likely N-dealkylation sites (tertiary alicyclic amines) is 1. The van der Waals surface area contributed by atoms with E-state index in [-0.39, 0.29) is 5.82 Å². The number of nitrogens with zero attached hydrogens (tertiary/aromatic N) is 4. The Morgan fingerprint density at radius 3 is 2.31 bits per heavy atom. The number of benzene rings is 1. The number of rotatable bonds is 2. The lowest BCUT2D eigenvalue weighted by molar-refractivity contribution is -0.136. The van der Waals surface area contributed by atoms with E-state index in [1.807, 2.05) is 0 Å². The first-order chi connectivity index (χ1) is 14.8. The number of halogens is 3. The summed E-state index contributed by atoms with van der Waals surface area (Å²) in [6, 6.07) is 9.13. The molecule has 170 valence electrons. The van der Waals surface area contributed by atoms with Crippen LogP contribution in [0.3, 0.4) is 0 Å². The van der Waals surface area contributed by atoms with Gasteiger partial charge in [0, 0.05) is 12.7 Å². The molecule has 3 heterocycles. The standard InChI is InChI=1S/C22H23F3N4O3/c1-20(2,3)32-19(31)27-13-11-21(27,4)18-26-28-12-10-15(22(23,24)25)16(28)17(30)29(18)14-8-6-5-7-9-14/h5-10,12H,11,13H2,1-4H3. The van der Waals surface area contributed by atoms with E-state index in [1.165, 1.54) is 4.90 Å². The second-order valence-electron chi connectivity index (χ2n) is 8.98. The Hall–Kier alpha value is -3.30. The average Bonchev–Trinajstić information content (AvgIpc) is 3.10. The van der Waals surface area contributed by atoms with Crippen LogP contribution in [0.15, 0.2) is 47.4 Å². The Kier molecular flexibility index (Phi) is 4.87. The van der Waals surface area contributed by atoms with Gasteiger partial charge in [-0.15, -0.1) is 0 Å². The molecule has 32 heavy (non-hydrogen) atoms. The molecule has 0 aliphatic carbocycles. The molecule has 1 atom stereocenters. The number of para-hydroxylation sites is 1. The van der Waals surface area contributed by atoms with E-state index >= 15 is 0 Å². The van der Waals surface area contributed by atoms with Crippen molar-refractivity contribution in [1.82, 2.24) is 19.1 Å². The molecule has 2 aromatic heterocycles. The van der Waals surface area contributed by atoms with Crippen molar-refractivity contribution >= 4 is 11.6 Å². The molecule has 1 saturated heterocycles. The van der Waals surface area contributed by atoms with Crippen molar-refractivity contribution in [3.05, 3.63) is 64.3 Å². The van der Waals surface area contributed by atoms with Gasteiger partial charge in [-0.25, -0.2) is 9.31 Å². The van der Waals surface area contributed by atoms with Gasteiger partial charge < -0.3 is 4.74 Å². The largest absolute Gasteiger partial charge is 0.444 e. The highest BCUT2D eigenvalue weighted by atomic mass is 19.4. The molecule has 1 aliphatic heterocycles. The topological polar surface area (TPSA) is 68.8 Å². The average molecular weight is 448 g/mol. The zero-order chi connectivity index (χ0) is 23.5. The number of alkyl halides is 3. The second kappa shape index (κ2) is 7.11. The van der Waals surface area contributed by atoms with E-state index in [4.69, 9.17) is 4.74 Å². The van der Waals surface area contributed by atoms with Gasteiger partial charge in [0.15, 0.2) is 5.82 Å². The normalized spacial score (nSPS) is 19.2. The summed E-state index contributed by atoms with van der Waals surface area (Å²) in [5.41, 5.74) is -3.92. The number of hydrogen-bond acceptors (Lipinski definition) is 4. The van der Waals surface area contributed by atoms with Crippen LogP contribution in [-0.2, 0) is 16.5 Å². The minimum absolute atomic E-state index is 0.155. The Bertz CT molecular complexity index is 1240. The fraction of sp³-hybridized carbons (Fsp3) is 0.409. The lowest BCUT2D eigenvalue weighted by Gasteiger charge is -2.49. The monoisotopic (exact) mass is 448 g/mol. The van der Waals surface area contributed by atoms with Crippen molar-refractivity contribution < 1.29 is 22.7 Å². The number of carbonyl (C=O) groups is 1. The highest BCUT2D eigenvalue weighted by Crippen LogP contribution is 2.41. The van der Waals surface area contributed by atoms with E-state index in [0.717, 1.165) is 21.3 Å². The van der Waals surface area contributed by atoms with Crippen LogP contribution in [0, 0.1) is 0 Å². The van der Waals surface area contributed by atoms with Crippen molar-refractivity contribution in [2.75, 3.05) is 6.54 Å². The molecule has 10 heteroatoms. The quantitative estimate of drug-likeness (QED) is 0.584. The van der Waals surface area contributed by atoms with Gasteiger partial charge in [0.1, 0.15) is 16.7 Å². The second-order valence-corrected chi connectivity index (χ2v) is 8.98. The summed E-state index contributed by atoms with van der Waals surface area (Å²) in [6.45, 7) is 7.31. The van der Waals surface area contributed by atoms with Crippen LogP contribution < -0.4 is 5.56 Å². The van der Waals surface area contributed by atoms with Gasteiger partial charge in [0.25, 0.3) is 5.56 Å². The molecule has 4 rings (SSSR count). The van der Waals surface area contributed by atoms with E-state index < -0.39 is 40.0 Å². The highest BCUT2D eigenvalue weighted by molar-refractivity contribution is 5.71. The van der Waals surface area contributed by atoms with Crippen LogP contribution in [0.5, 0.6) is 0 Å². The first-order valence-electron chi connectivity index (χ1n) is 10.1. The van der Waals surface area contributed by atoms with Gasteiger partial charge in [-0.1, -0.05) is 18.2 Å². The lowest BCUT2D eigenvalue weighted by atomic mass is 9.86. The van der Waals surface area contributed by atoms with Crippen molar-refractivity contribution in [1.29, 1.82) is 0 Å². The van der Waals surface area contributed by atoms with Crippen molar-refractivity contribution in [3.63, 3.8) is 0 Å². The molecule has 7 nitrogen and oxygen atoms in total. The van der Waals surface area contributed by atoms with Gasteiger partial charge >= 0.3 is 12.3 Å². The molecule has 3 aromatic rings. The summed E-state index contributed by atoms with van der Waals surface area (Å²) in [5.74, 6) is 0.155. The van der Waals surface area contributed by atoms with Gasteiger partial charge in [-0.2, -0.15) is 18.3 Å². The van der Waals surface area contributed by atoms with Crippen LogP contribution in [0.4, 0.5) is 18.0 Å².